The van der Waals surface area contributed by atoms with E-state index in [0.29, 0.717) is 0 Å². The molecule has 5 aromatic rings. The van der Waals surface area contributed by atoms with Crippen molar-refractivity contribution >= 4 is 27.4 Å². The molecule has 0 bridgehead atoms. The number of rotatable bonds is 5. The fourth-order valence-electron chi connectivity index (χ4n) is 5.03. The smallest absolute Gasteiger partial charge is 0.253 e. The molecule has 2 nitrogen and oxygen atoms in total. The largest absolute Gasteiger partial charge is 0.280 e. The van der Waals surface area contributed by atoms with E-state index in [1.165, 1.54) is 44.1 Å². The first kappa shape index (κ1) is 19.8. The zero-order valence-corrected chi connectivity index (χ0v) is 18.7. The Bertz CT molecular complexity index is 1470. The molecule has 0 amide bonds. The number of amidine groups is 1. The summed E-state index contributed by atoms with van der Waals surface area (Å²) in [5.41, 5.74) is 4.00. The molecule has 0 atom stereocenters. The summed E-state index contributed by atoms with van der Waals surface area (Å²) >= 11 is 0. The quantitative estimate of drug-likeness (QED) is 0.291. The van der Waals surface area contributed by atoms with E-state index in [1.54, 1.807) is 0 Å². The highest BCUT2D eigenvalue weighted by Crippen LogP contribution is 2.22. The summed E-state index contributed by atoms with van der Waals surface area (Å²) in [6.45, 7) is 3.90. The molecule has 160 valence electrons. The Hall–Kier alpha value is -3.91. The van der Waals surface area contributed by atoms with E-state index in [-0.39, 0.29) is 0 Å². The third-order valence-electron chi connectivity index (χ3n) is 6.65. The SMILES string of the molecule is c1ccc(C2=[N+](Cc3ccc4ccccc4c3)CCN2Cc2ccc3ccccc3c2)cc1. The summed E-state index contributed by atoms with van der Waals surface area (Å²) in [6.07, 6.45) is 0. The maximum atomic E-state index is 2.54. The molecule has 0 N–H and O–H groups in total. The predicted octanol–water partition coefficient (Wildman–Crippen LogP) is 6.47. The first-order valence-electron chi connectivity index (χ1n) is 11.7. The van der Waals surface area contributed by atoms with Gasteiger partial charge < -0.3 is 0 Å². The second-order valence-electron chi connectivity index (χ2n) is 8.90. The summed E-state index contributed by atoms with van der Waals surface area (Å²) in [5, 5.41) is 5.22. The van der Waals surface area contributed by atoms with Crippen molar-refractivity contribution in [3.05, 3.63) is 132 Å². The molecule has 0 radical (unpaired) electrons. The molecule has 2 heteroatoms. The van der Waals surface area contributed by atoms with E-state index in [9.17, 15) is 0 Å². The van der Waals surface area contributed by atoms with Crippen molar-refractivity contribution < 1.29 is 4.58 Å². The van der Waals surface area contributed by atoms with Crippen LogP contribution in [0, 0.1) is 0 Å². The van der Waals surface area contributed by atoms with Crippen LogP contribution < -0.4 is 0 Å². The number of nitrogens with zero attached hydrogens (tertiary/aromatic N) is 2. The Morgan fingerprint density at radius 3 is 1.85 bits per heavy atom. The van der Waals surface area contributed by atoms with Crippen molar-refractivity contribution in [2.24, 2.45) is 0 Å². The van der Waals surface area contributed by atoms with Crippen LogP contribution >= 0.6 is 0 Å². The first-order valence-corrected chi connectivity index (χ1v) is 11.7. The van der Waals surface area contributed by atoms with Crippen molar-refractivity contribution in [3.63, 3.8) is 0 Å². The van der Waals surface area contributed by atoms with Gasteiger partial charge in [0.15, 0.2) is 0 Å². The van der Waals surface area contributed by atoms with Gasteiger partial charge in [-0.2, -0.15) is 0 Å². The van der Waals surface area contributed by atoms with Gasteiger partial charge in [-0.15, -0.1) is 0 Å². The summed E-state index contributed by atoms with van der Waals surface area (Å²) < 4.78 is 2.54. The van der Waals surface area contributed by atoms with Crippen LogP contribution in [0.2, 0.25) is 0 Å². The molecular formula is C31H27N2+. The van der Waals surface area contributed by atoms with Gasteiger partial charge in [0.05, 0.1) is 5.56 Å². The zero-order chi connectivity index (χ0) is 22.0. The minimum absolute atomic E-state index is 0.920. The fraction of sp³-hybridized carbons (Fsp3) is 0.129. The number of hydrogen-bond donors (Lipinski definition) is 0. The van der Waals surface area contributed by atoms with E-state index in [0.717, 1.165) is 26.2 Å². The number of fused-ring (bicyclic) bond motifs is 2. The lowest BCUT2D eigenvalue weighted by molar-refractivity contribution is -0.533. The monoisotopic (exact) mass is 427 g/mol. The Balaban J connectivity index is 1.35. The third kappa shape index (κ3) is 4.01. The molecule has 0 aliphatic carbocycles. The average molecular weight is 428 g/mol. The Morgan fingerprint density at radius 2 is 1.15 bits per heavy atom. The minimum Gasteiger partial charge on any atom is -0.253 e. The van der Waals surface area contributed by atoms with Gasteiger partial charge in [-0.25, -0.2) is 0 Å². The molecule has 1 heterocycles. The normalized spacial score (nSPS) is 13.9. The lowest BCUT2D eigenvalue weighted by Gasteiger charge is -2.15. The lowest BCUT2D eigenvalue weighted by atomic mass is 10.1. The number of hydrogen-bond acceptors (Lipinski definition) is 1. The van der Waals surface area contributed by atoms with Crippen molar-refractivity contribution in [1.82, 2.24) is 4.90 Å². The molecule has 5 aromatic carbocycles. The van der Waals surface area contributed by atoms with Gasteiger partial charge in [0, 0.05) is 0 Å². The van der Waals surface area contributed by atoms with Crippen LogP contribution in [0.1, 0.15) is 16.7 Å². The molecule has 1 aliphatic heterocycles. The fourth-order valence-corrected chi connectivity index (χ4v) is 5.03. The average Bonchev–Trinajstić information content (AvgIpc) is 3.26. The third-order valence-corrected chi connectivity index (χ3v) is 6.65. The van der Waals surface area contributed by atoms with Crippen LogP contribution in [0.25, 0.3) is 21.5 Å². The Kier molecular flexibility index (Phi) is 5.12. The van der Waals surface area contributed by atoms with Crippen LogP contribution in [-0.4, -0.2) is 28.4 Å². The van der Waals surface area contributed by atoms with Crippen molar-refractivity contribution in [2.75, 3.05) is 13.1 Å². The highest BCUT2D eigenvalue weighted by Gasteiger charge is 2.32. The van der Waals surface area contributed by atoms with Crippen molar-refractivity contribution in [1.29, 1.82) is 0 Å². The standard InChI is InChI=1S/C31H27N2/c1-2-10-28(11-3-1)31-32(22-24-14-16-26-8-4-6-12-29(26)20-24)18-19-33(31)23-25-15-17-27-9-5-7-13-30(27)21-25/h1-17,20-21H,18-19,22-23H2/q+1. The Labute approximate surface area is 195 Å². The van der Waals surface area contributed by atoms with Crippen LogP contribution in [-0.2, 0) is 13.1 Å². The molecule has 0 spiro atoms. The predicted molar refractivity (Wildman–Crippen MR) is 138 cm³/mol. The molecule has 1 aliphatic rings. The summed E-state index contributed by atoms with van der Waals surface area (Å²) in [7, 11) is 0. The van der Waals surface area contributed by atoms with Crippen LogP contribution in [0.4, 0.5) is 0 Å². The van der Waals surface area contributed by atoms with Gasteiger partial charge >= 0.3 is 0 Å². The molecule has 0 unspecified atom stereocenters. The van der Waals surface area contributed by atoms with E-state index >= 15 is 0 Å². The molecule has 33 heavy (non-hydrogen) atoms. The van der Waals surface area contributed by atoms with Gasteiger partial charge in [-0.3, -0.25) is 9.48 Å². The highest BCUT2D eigenvalue weighted by molar-refractivity contribution is 5.95. The van der Waals surface area contributed by atoms with E-state index in [4.69, 9.17) is 0 Å². The molecule has 0 aromatic heterocycles. The van der Waals surface area contributed by atoms with E-state index in [1.807, 2.05) is 0 Å². The summed E-state index contributed by atoms with van der Waals surface area (Å²) in [5.74, 6) is 1.33. The van der Waals surface area contributed by atoms with Gasteiger partial charge in [-0.05, 0) is 56.9 Å². The first-order chi connectivity index (χ1) is 16.3. The molecule has 0 saturated heterocycles. The van der Waals surface area contributed by atoms with Crippen molar-refractivity contribution in [3.8, 4) is 0 Å². The van der Waals surface area contributed by atoms with E-state index in [2.05, 4.69) is 125 Å². The minimum atomic E-state index is 0.920. The number of benzene rings is 5. The molecule has 0 saturated carbocycles. The molecule has 0 fully saturated rings. The zero-order valence-electron chi connectivity index (χ0n) is 18.7. The van der Waals surface area contributed by atoms with Gasteiger partial charge in [0.1, 0.15) is 26.2 Å². The topological polar surface area (TPSA) is 6.25 Å². The Morgan fingerprint density at radius 1 is 0.576 bits per heavy atom. The van der Waals surface area contributed by atoms with E-state index < -0.39 is 0 Å². The maximum Gasteiger partial charge on any atom is 0.280 e. The second-order valence-corrected chi connectivity index (χ2v) is 8.90. The van der Waals surface area contributed by atoms with Gasteiger partial charge in [0.25, 0.3) is 5.84 Å². The lowest BCUT2D eigenvalue weighted by Crippen LogP contribution is -2.30. The van der Waals surface area contributed by atoms with Crippen molar-refractivity contribution in [2.45, 2.75) is 13.1 Å². The molecular weight excluding hydrogens is 400 g/mol. The summed E-state index contributed by atoms with van der Waals surface area (Å²) in [4.78, 5) is 2.54. The van der Waals surface area contributed by atoms with Crippen LogP contribution in [0.15, 0.2) is 115 Å². The van der Waals surface area contributed by atoms with Gasteiger partial charge in [-0.1, -0.05) is 91.0 Å². The van der Waals surface area contributed by atoms with Gasteiger partial charge in [0.2, 0.25) is 0 Å². The summed E-state index contributed by atoms with van der Waals surface area (Å²) in [6, 6.07) is 41.8. The second kappa shape index (κ2) is 8.55. The molecule has 6 rings (SSSR count). The van der Waals surface area contributed by atoms with Crippen LogP contribution in [0.3, 0.4) is 0 Å². The maximum absolute atomic E-state index is 2.54. The van der Waals surface area contributed by atoms with Crippen LogP contribution in [0.5, 0.6) is 0 Å². The highest BCUT2D eigenvalue weighted by atomic mass is 15.3.